The van der Waals surface area contributed by atoms with Gasteiger partial charge in [-0.25, -0.2) is 5.43 Å². The number of nitrogens with one attached hydrogen (secondary N) is 2. The van der Waals surface area contributed by atoms with Crippen LogP contribution in [0.15, 0.2) is 52.0 Å². The first-order valence-corrected chi connectivity index (χ1v) is 7.44. The maximum absolute atomic E-state index is 11.7. The highest BCUT2D eigenvalue weighted by Crippen LogP contribution is 2.23. The SMILES string of the molecule is Cc1ccc(NC(=O)C(=O)N/N=C/c2ccc(O)c(Br)c2)cc1. The van der Waals surface area contributed by atoms with Crippen LogP contribution in [0.25, 0.3) is 0 Å². The summed E-state index contributed by atoms with van der Waals surface area (Å²) in [7, 11) is 0. The van der Waals surface area contributed by atoms with Gasteiger partial charge in [-0.3, -0.25) is 9.59 Å². The average molecular weight is 376 g/mol. The monoisotopic (exact) mass is 375 g/mol. The zero-order chi connectivity index (χ0) is 16.8. The van der Waals surface area contributed by atoms with E-state index in [1.165, 1.54) is 12.3 Å². The van der Waals surface area contributed by atoms with E-state index in [1.54, 1.807) is 24.3 Å². The lowest BCUT2D eigenvalue weighted by Crippen LogP contribution is -2.32. The number of phenols is 1. The van der Waals surface area contributed by atoms with Gasteiger partial charge in [0, 0.05) is 5.69 Å². The summed E-state index contributed by atoms with van der Waals surface area (Å²) in [6, 6.07) is 11.8. The normalized spacial score (nSPS) is 10.5. The average Bonchev–Trinajstić information content (AvgIpc) is 2.53. The van der Waals surface area contributed by atoms with Crippen LogP contribution in [0.1, 0.15) is 11.1 Å². The topological polar surface area (TPSA) is 90.8 Å². The highest BCUT2D eigenvalue weighted by Gasteiger charge is 2.12. The first-order valence-electron chi connectivity index (χ1n) is 6.65. The molecule has 0 bridgehead atoms. The lowest BCUT2D eigenvalue weighted by atomic mass is 10.2. The molecule has 0 aliphatic carbocycles. The smallest absolute Gasteiger partial charge is 0.329 e. The van der Waals surface area contributed by atoms with Crippen LogP contribution in [0.5, 0.6) is 5.75 Å². The molecule has 0 aliphatic rings. The number of carbonyl (C=O) groups is 2. The number of amides is 2. The maximum Gasteiger partial charge on any atom is 0.329 e. The Kier molecular flexibility index (Phi) is 5.48. The number of hydrogen-bond donors (Lipinski definition) is 3. The molecule has 2 rings (SSSR count). The molecule has 6 nitrogen and oxygen atoms in total. The van der Waals surface area contributed by atoms with E-state index >= 15 is 0 Å². The highest BCUT2D eigenvalue weighted by molar-refractivity contribution is 9.10. The van der Waals surface area contributed by atoms with E-state index < -0.39 is 11.8 Å². The third kappa shape index (κ3) is 4.93. The molecule has 2 aromatic carbocycles. The summed E-state index contributed by atoms with van der Waals surface area (Å²) in [4.78, 5) is 23.3. The first kappa shape index (κ1) is 16.7. The molecule has 2 aromatic rings. The number of halogens is 1. The van der Waals surface area contributed by atoms with Crippen molar-refractivity contribution in [1.29, 1.82) is 0 Å². The Morgan fingerprint density at radius 1 is 1.13 bits per heavy atom. The Balaban J connectivity index is 1.90. The van der Waals surface area contributed by atoms with E-state index in [4.69, 9.17) is 0 Å². The number of aryl methyl sites for hydroxylation is 1. The van der Waals surface area contributed by atoms with Gasteiger partial charge in [-0.05, 0) is 58.7 Å². The number of hydrazone groups is 1. The van der Waals surface area contributed by atoms with E-state index in [9.17, 15) is 14.7 Å². The van der Waals surface area contributed by atoms with Crippen molar-refractivity contribution >= 4 is 39.6 Å². The Morgan fingerprint density at radius 2 is 1.83 bits per heavy atom. The second-order valence-electron chi connectivity index (χ2n) is 4.73. The molecule has 0 heterocycles. The number of carbonyl (C=O) groups excluding carboxylic acids is 2. The Hall–Kier alpha value is -2.67. The Morgan fingerprint density at radius 3 is 2.48 bits per heavy atom. The quantitative estimate of drug-likeness (QED) is 0.437. The zero-order valence-corrected chi connectivity index (χ0v) is 13.8. The van der Waals surface area contributed by atoms with Crippen LogP contribution in [0.3, 0.4) is 0 Å². The minimum atomic E-state index is -0.875. The van der Waals surface area contributed by atoms with Crippen molar-refractivity contribution < 1.29 is 14.7 Å². The van der Waals surface area contributed by atoms with Gasteiger partial charge < -0.3 is 10.4 Å². The van der Waals surface area contributed by atoms with Crippen molar-refractivity contribution in [2.45, 2.75) is 6.92 Å². The zero-order valence-electron chi connectivity index (χ0n) is 12.2. The lowest BCUT2D eigenvalue weighted by Gasteiger charge is -2.04. The third-order valence-electron chi connectivity index (χ3n) is 2.87. The summed E-state index contributed by atoms with van der Waals surface area (Å²) >= 11 is 3.17. The van der Waals surface area contributed by atoms with Gasteiger partial charge in [0.05, 0.1) is 10.7 Å². The molecule has 0 radical (unpaired) electrons. The van der Waals surface area contributed by atoms with E-state index in [-0.39, 0.29) is 5.75 Å². The summed E-state index contributed by atoms with van der Waals surface area (Å²) in [6.07, 6.45) is 1.36. The van der Waals surface area contributed by atoms with Gasteiger partial charge in [0.1, 0.15) is 5.75 Å². The predicted octanol–water partition coefficient (Wildman–Crippen LogP) is 2.55. The van der Waals surface area contributed by atoms with Gasteiger partial charge in [0.2, 0.25) is 0 Å². The predicted molar refractivity (Wildman–Crippen MR) is 91.4 cm³/mol. The molecule has 0 spiro atoms. The number of aromatic hydroxyl groups is 1. The second kappa shape index (κ2) is 7.55. The van der Waals surface area contributed by atoms with Crippen LogP contribution >= 0.6 is 15.9 Å². The van der Waals surface area contributed by atoms with Crippen molar-refractivity contribution in [3.63, 3.8) is 0 Å². The maximum atomic E-state index is 11.7. The molecule has 0 atom stereocenters. The van der Waals surface area contributed by atoms with Crippen molar-refractivity contribution in [3.8, 4) is 5.75 Å². The molecule has 3 N–H and O–H groups in total. The van der Waals surface area contributed by atoms with Crippen molar-refractivity contribution in [2.75, 3.05) is 5.32 Å². The Labute approximate surface area is 141 Å². The van der Waals surface area contributed by atoms with Gasteiger partial charge in [-0.15, -0.1) is 0 Å². The summed E-state index contributed by atoms with van der Waals surface area (Å²) in [5.41, 5.74) is 4.37. The second-order valence-corrected chi connectivity index (χ2v) is 5.58. The van der Waals surface area contributed by atoms with Gasteiger partial charge in [0.25, 0.3) is 0 Å². The number of rotatable bonds is 3. The van der Waals surface area contributed by atoms with E-state index in [1.807, 2.05) is 19.1 Å². The largest absolute Gasteiger partial charge is 0.507 e. The number of hydrogen-bond acceptors (Lipinski definition) is 4. The molecule has 2 amide bonds. The number of phenolic OH excluding ortho intramolecular Hbond substituents is 1. The van der Waals surface area contributed by atoms with Crippen LogP contribution in [-0.4, -0.2) is 23.1 Å². The standard InChI is InChI=1S/C16H14BrN3O3/c1-10-2-5-12(6-3-10)19-15(22)16(23)20-18-9-11-4-7-14(21)13(17)8-11/h2-9,21H,1H3,(H,19,22)(H,20,23)/b18-9+. The molecule has 0 unspecified atom stereocenters. The molecule has 0 aromatic heterocycles. The summed E-state index contributed by atoms with van der Waals surface area (Å²) in [6.45, 7) is 1.93. The molecular formula is C16H14BrN3O3. The van der Waals surface area contributed by atoms with Crippen LogP contribution in [0, 0.1) is 6.92 Å². The number of anilines is 1. The van der Waals surface area contributed by atoms with Crippen molar-refractivity contribution in [3.05, 3.63) is 58.1 Å². The summed E-state index contributed by atoms with van der Waals surface area (Å²) in [5.74, 6) is -1.58. The van der Waals surface area contributed by atoms with Gasteiger partial charge in [-0.2, -0.15) is 5.10 Å². The van der Waals surface area contributed by atoms with Crippen molar-refractivity contribution in [2.24, 2.45) is 5.10 Å². The van der Waals surface area contributed by atoms with Crippen LogP contribution < -0.4 is 10.7 Å². The molecule has 23 heavy (non-hydrogen) atoms. The molecule has 0 fully saturated rings. The van der Waals surface area contributed by atoms with Gasteiger partial charge >= 0.3 is 11.8 Å². The van der Waals surface area contributed by atoms with Crippen LogP contribution in [0.2, 0.25) is 0 Å². The first-order chi connectivity index (χ1) is 11.0. The third-order valence-corrected chi connectivity index (χ3v) is 3.50. The lowest BCUT2D eigenvalue weighted by molar-refractivity contribution is -0.136. The van der Waals surface area contributed by atoms with Crippen molar-refractivity contribution in [1.82, 2.24) is 5.43 Å². The van der Waals surface area contributed by atoms with Gasteiger partial charge in [-0.1, -0.05) is 17.7 Å². The highest BCUT2D eigenvalue weighted by atomic mass is 79.9. The van der Waals surface area contributed by atoms with Crippen LogP contribution in [0.4, 0.5) is 5.69 Å². The molecule has 0 saturated heterocycles. The number of nitrogens with zero attached hydrogens (tertiary/aromatic N) is 1. The molecular weight excluding hydrogens is 362 g/mol. The summed E-state index contributed by atoms with van der Waals surface area (Å²) in [5, 5.41) is 15.5. The summed E-state index contributed by atoms with van der Waals surface area (Å²) < 4.78 is 0.505. The fourth-order valence-electron chi connectivity index (χ4n) is 1.64. The van der Waals surface area contributed by atoms with Gasteiger partial charge in [0.15, 0.2) is 0 Å². The minimum absolute atomic E-state index is 0.101. The van der Waals surface area contributed by atoms with Crippen LogP contribution in [-0.2, 0) is 9.59 Å². The number of benzene rings is 2. The molecule has 0 saturated carbocycles. The minimum Gasteiger partial charge on any atom is -0.507 e. The van der Waals surface area contributed by atoms with E-state index in [2.05, 4.69) is 31.8 Å². The van der Waals surface area contributed by atoms with E-state index in [0.29, 0.717) is 15.7 Å². The van der Waals surface area contributed by atoms with E-state index in [0.717, 1.165) is 5.56 Å². The molecule has 0 aliphatic heterocycles. The molecule has 7 heteroatoms. The Bertz CT molecular complexity index is 758. The fraction of sp³-hybridized carbons (Fsp3) is 0.0625. The fourth-order valence-corrected chi connectivity index (χ4v) is 2.04. The molecule has 118 valence electrons.